The van der Waals surface area contributed by atoms with Gasteiger partial charge in [-0.05, 0) is 26.7 Å². The average molecular weight is 294 g/mol. The molecule has 0 unspecified atom stereocenters. The number of halogens is 1. The van der Waals surface area contributed by atoms with E-state index in [1.807, 2.05) is 17.9 Å². The molecule has 2 aromatic heterocycles. The molecule has 20 heavy (non-hydrogen) atoms. The van der Waals surface area contributed by atoms with Crippen LogP contribution in [-0.2, 0) is 19.6 Å². The highest BCUT2D eigenvalue weighted by Crippen LogP contribution is 2.21. The van der Waals surface area contributed by atoms with Crippen LogP contribution in [0.4, 0.5) is 0 Å². The van der Waals surface area contributed by atoms with E-state index in [-0.39, 0.29) is 0 Å². The summed E-state index contributed by atoms with van der Waals surface area (Å²) in [5, 5.41) is 8.67. The third-order valence-corrected chi connectivity index (χ3v) is 4.11. The minimum absolute atomic E-state index is 0.707. The summed E-state index contributed by atoms with van der Waals surface area (Å²) in [5.74, 6) is 0. The van der Waals surface area contributed by atoms with Crippen molar-refractivity contribution in [1.82, 2.24) is 24.6 Å². The monoisotopic (exact) mass is 293 g/mol. The SMILES string of the molecule is CCn1nc(C)c(Cl)c1Cn1cnc(CNC2CC2)c1. The molecule has 0 bridgehead atoms. The highest BCUT2D eigenvalue weighted by molar-refractivity contribution is 6.31. The van der Waals surface area contributed by atoms with Gasteiger partial charge in [-0.3, -0.25) is 4.68 Å². The lowest BCUT2D eigenvalue weighted by atomic mass is 10.3. The van der Waals surface area contributed by atoms with Crippen molar-refractivity contribution in [3.8, 4) is 0 Å². The van der Waals surface area contributed by atoms with Crippen molar-refractivity contribution < 1.29 is 0 Å². The van der Waals surface area contributed by atoms with E-state index in [4.69, 9.17) is 11.6 Å². The molecule has 2 aromatic rings. The van der Waals surface area contributed by atoms with E-state index in [0.29, 0.717) is 12.6 Å². The van der Waals surface area contributed by atoms with E-state index in [0.717, 1.165) is 35.2 Å². The fourth-order valence-electron chi connectivity index (χ4n) is 2.31. The van der Waals surface area contributed by atoms with E-state index < -0.39 is 0 Å². The van der Waals surface area contributed by atoms with Crippen molar-refractivity contribution in [3.05, 3.63) is 34.6 Å². The van der Waals surface area contributed by atoms with Gasteiger partial charge in [-0.1, -0.05) is 11.6 Å². The number of hydrogen-bond acceptors (Lipinski definition) is 3. The van der Waals surface area contributed by atoms with Crippen LogP contribution in [0, 0.1) is 6.92 Å². The number of aromatic nitrogens is 4. The summed E-state index contributed by atoms with van der Waals surface area (Å²) in [4.78, 5) is 4.43. The van der Waals surface area contributed by atoms with Crippen LogP contribution in [0.15, 0.2) is 12.5 Å². The van der Waals surface area contributed by atoms with Crippen molar-refractivity contribution in [2.45, 2.75) is 52.4 Å². The zero-order valence-electron chi connectivity index (χ0n) is 11.9. The zero-order chi connectivity index (χ0) is 14.1. The minimum Gasteiger partial charge on any atom is -0.331 e. The molecule has 3 rings (SSSR count). The van der Waals surface area contributed by atoms with Gasteiger partial charge in [0.25, 0.3) is 0 Å². The van der Waals surface area contributed by atoms with E-state index in [1.54, 1.807) is 0 Å². The molecule has 0 radical (unpaired) electrons. The Morgan fingerprint density at radius 3 is 2.95 bits per heavy atom. The molecule has 6 heteroatoms. The van der Waals surface area contributed by atoms with Crippen LogP contribution < -0.4 is 5.32 Å². The zero-order valence-corrected chi connectivity index (χ0v) is 12.7. The minimum atomic E-state index is 0.707. The second-order valence-corrected chi connectivity index (χ2v) is 5.73. The quantitative estimate of drug-likeness (QED) is 0.889. The first-order chi connectivity index (χ1) is 9.67. The Labute approximate surface area is 124 Å². The second kappa shape index (κ2) is 5.58. The summed E-state index contributed by atoms with van der Waals surface area (Å²) in [6.07, 6.45) is 6.53. The molecule has 0 atom stereocenters. The first kappa shape index (κ1) is 13.6. The van der Waals surface area contributed by atoms with Crippen LogP contribution in [0.3, 0.4) is 0 Å². The van der Waals surface area contributed by atoms with Crippen LogP contribution in [0.5, 0.6) is 0 Å². The molecule has 0 amide bonds. The molecule has 0 saturated heterocycles. The summed E-state index contributed by atoms with van der Waals surface area (Å²) in [6, 6.07) is 0.707. The predicted molar refractivity (Wildman–Crippen MR) is 78.8 cm³/mol. The van der Waals surface area contributed by atoms with E-state index in [9.17, 15) is 0 Å². The predicted octanol–water partition coefficient (Wildman–Crippen LogP) is 2.36. The third kappa shape index (κ3) is 2.88. The topological polar surface area (TPSA) is 47.7 Å². The molecule has 0 aromatic carbocycles. The molecule has 0 spiro atoms. The molecule has 1 saturated carbocycles. The number of aryl methyl sites for hydroxylation is 2. The van der Waals surface area contributed by atoms with E-state index in [1.165, 1.54) is 12.8 Å². The highest BCUT2D eigenvalue weighted by Gasteiger charge is 2.20. The van der Waals surface area contributed by atoms with Gasteiger partial charge < -0.3 is 9.88 Å². The molecule has 5 nitrogen and oxygen atoms in total. The van der Waals surface area contributed by atoms with Crippen molar-refractivity contribution in [2.24, 2.45) is 0 Å². The Balaban J connectivity index is 1.70. The summed E-state index contributed by atoms with van der Waals surface area (Å²) in [5.41, 5.74) is 3.01. The Hall–Kier alpha value is -1.33. The summed E-state index contributed by atoms with van der Waals surface area (Å²) in [6.45, 7) is 6.40. The van der Waals surface area contributed by atoms with Gasteiger partial charge in [0.1, 0.15) is 0 Å². The Morgan fingerprint density at radius 1 is 1.45 bits per heavy atom. The maximum atomic E-state index is 6.33. The Morgan fingerprint density at radius 2 is 2.25 bits per heavy atom. The average Bonchev–Trinajstić information content (AvgIpc) is 3.11. The molecule has 0 aliphatic heterocycles. The van der Waals surface area contributed by atoms with Crippen molar-refractivity contribution in [2.75, 3.05) is 0 Å². The van der Waals surface area contributed by atoms with Crippen molar-refractivity contribution in [1.29, 1.82) is 0 Å². The van der Waals surface area contributed by atoms with Gasteiger partial charge in [0.15, 0.2) is 0 Å². The number of rotatable bonds is 6. The van der Waals surface area contributed by atoms with Gasteiger partial charge in [0.2, 0.25) is 0 Å². The lowest BCUT2D eigenvalue weighted by Gasteiger charge is -2.06. The van der Waals surface area contributed by atoms with Crippen LogP contribution in [-0.4, -0.2) is 25.4 Å². The molecule has 108 valence electrons. The van der Waals surface area contributed by atoms with E-state index >= 15 is 0 Å². The second-order valence-electron chi connectivity index (χ2n) is 5.35. The summed E-state index contributed by atoms with van der Waals surface area (Å²) in [7, 11) is 0. The molecular formula is C14H20ClN5. The van der Waals surface area contributed by atoms with Gasteiger partial charge in [0, 0.05) is 25.3 Å². The van der Waals surface area contributed by atoms with Crippen molar-refractivity contribution in [3.63, 3.8) is 0 Å². The van der Waals surface area contributed by atoms with Crippen LogP contribution in [0.25, 0.3) is 0 Å². The van der Waals surface area contributed by atoms with Gasteiger partial charge in [-0.25, -0.2) is 4.98 Å². The molecule has 1 N–H and O–H groups in total. The van der Waals surface area contributed by atoms with E-state index in [2.05, 4.69) is 33.1 Å². The van der Waals surface area contributed by atoms with Gasteiger partial charge in [0.05, 0.1) is 35.0 Å². The maximum absolute atomic E-state index is 6.33. The summed E-state index contributed by atoms with van der Waals surface area (Å²) < 4.78 is 4.03. The fourth-order valence-corrected chi connectivity index (χ4v) is 2.51. The van der Waals surface area contributed by atoms with Crippen molar-refractivity contribution >= 4 is 11.6 Å². The Bertz CT molecular complexity index is 597. The number of nitrogens with zero attached hydrogens (tertiary/aromatic N) is 4. The maximum Gasteiger partial charge on any atom is 0.0953 e. The lowest BCUT2D eigenvalue weighted by Crippen LogP contribution is -2.15. The highest BCUT2D eigenvalue weighted by atomic mass is 35.5. The van der Waals surface area contributed by atoms with Crippen LogP contribution in [0.2, 0.25) is 5.02 Å². The van der Waals surface area contributed by atoms with Gasteiger partial charge >= 0.3 is 0 Å². The van der Waals surface area contributed by atoms with Crippen LogP contribution in [0.1, 0.15) is 36.8 Å². The lowest BCUT2D eigenvalue weighted by molar-refractivity contribution is 0.596. The number of imidazole rings is 1. The molecule has 1 aliphatic rings. The largest absolute Gasteiger partial charge is 0.331 e. The molecular weight excluding hydrogens is 274 g/mol. The standard InChI is InChI=1S/C14H20ClN5/c1-3-20-13(14(15)10(2)18-20)8-19-7-12(17-9-19)6-16-11-4-5-11/h7,9,11,16H,3-6,8H2,1-2H3. The first-order valence-electron chi connectivity index (χ1n) is 7.13. The first-order valence-corrected chi connectivity index (χ1v) is 7.51. The Kier molecular flexibility index (Phi) is 3.81. The molecule has 1 fully saturated rings. The van der Waals surface area contributed by atoms with Crippen LogP contribution >= 0.6 is 11.6 Å². The molecule has 1 aliphatic carbocycles. The smallest absolute Gasteiger partial charge is 0.0953 e. The summed E-state index contributed by atoms with van der Waals surface area (Å²) >= 11 is 6.33. The number of hydrogen-bond donors (Lipinski definition) is 1. The normalized spacial score (nSPS) is 14.9. The van der Waals surface area contributed by atoms with Gasteiger partial charge in [-0.2, -0.15) is 5.10 Å². The fraction of sp³-hybridized carbons (Fsp3) is 0.571. The van der Waals surface area contributed by atoms with Gasteiger partial charge in [-0.15, -0.1) is 0 Å². The number of nitrogens with one attached hydrogen (secondary N) is 1. The third-order valence-electron chi connectivity index (χ3n) is 3.62. The molecule has 2 heterocycles.